The maximum atomic E-state index is 13.6. The molecular weight excluding hydrogens is 392 g/mol. The number of hydrogen-bond acceptors (Lipinski definition) is 5. The predicted molar refractivity (Wildman–Crippen MR) is 93.9 cm³/mol. The maximum absolute atomic E-state index is 13.6. The molecule has 142 valence electrons. The first kappa shape index (κ1) is 19.1. The number of carbonyl (C=O) groups is 1. The molecule has 0 saturated carbocycles. The lowest BCUT2D eigenvalue weighted by atomic mass is 9.91. The molecule has 1 aromatic heterocycles. The zero-order valence-electron chi connectivity index (χ0n) is 13.8. The van der Waals surface area contributed by atoms with Gasteiger partial charge in [-0.05, 0) is 17.5 Å². The minimum atomic E-state index is -4.45. The molecule has 0 aliphatic carbocycles. The molecule has 0 spiro atoms. The molecule has 2 aliphatic rings. The highest BCUT2D eigenvalue weighted by molar-refractivity contribution is 7.80. The molecule has 3 atom stereocenters. The van der Waals surface area contributed by atoms with Crippen molar-refractivity contribution in [3.63, 3.8) is 0 Å². The van der Waals surface area contributed by atoms with Crippen molar-refractivity contribution in [1.29, 1.82) is 0 Å². The SMILES string of the molecule is CN1C[C@H](C2=CC(C(F)(F)F)NN2C)[C@@H](C(=O)Nc2ccsc2F)C1=S. The molecule has 0 radical (unpaired) electrons. The van der Waals surface area contributed by atoms with E-state index in [1.807, 2.05) is 0 Å². The highest BCUT2D eigenvalue weighted by Crippen LogP contribution is 2.37. The number of hydrazine groups is 1. The summed E-state index contributed by atoms with van der Waals surface area (Å²) in [7, 11) is 3.14. The summed E-state index contributed by atoms with van der Waals surface area (Å²) < 4.78 is 52.6. The summed E-state index contributed by atoms with van der Waals surface area (Å²) in [5, 5.41) is 4.71. The number of nitrogens with one attached hydrogen (secondary N) is 2. The van der Waals surface area contributed by atoms with E-state index in [2.05, 4.69) is 10.7 Å². The van der Waals surface area contributed by atoms with Crippen LogP contribution in [0.3, 0.4) is 0 Å². The van der Waals surface area contributed by atoms with Gasteiger partial charge in [0.05, 0.1) is 16.6 Å². The molecule has 1 aromatic rings. The van der Waals surface area contributed by atoms with Crippen LogP contribution >= 0.6 is 23.6 Å². The molecular formula is C15H16F4N4OS2. The lowest BCUT2D eigenvalue weighted by molar-refractivity contribution is -0.149. The minimum Gasteiger partial charge on any atom is -0.368 e. The summed E-state index contributed by atoms with van der Waals surface area (Å²) in [5.41, 5.74) is 2.70. The Morgan fingerprint density at radius 3 is 2.65 bits per heavy atom. The van der Waals surface area contributed by atoms with Gasteiger partial charge in [-0.25, -0.2) is 5.43 Å². The molecule has 3 rings (SSSR count). The van der Waals surface area contributed by atoms with Crippen molar-refractivity contribution >= 4 is 40.1 Å². The van der Waals surface area contributed by atoms with Crippen molar-refractivity contribution in [2.45, 2.75) is 12.2 Å². The topological polar surface area (TPSA) is 47.6 Å². The first-order valence-corrected chi connectivity index (χ1v) is 8.95. The highest BCUT2D eigenvalue weighted by Gasteiger charge is 2.48. The van der Waals surface area contributed by atoms with E-state index in [-0.39, 0.29) is 5.69 Å². The van der Waals surface area contributed by atoms with E-state index in [4.69, 9.17) is 12.2 Å². The van der Waals surface area contributed by atoms with Gasteiger partial charge in [0.2, 0.25) is 5.91 Å². The number of nitrogens with zero attached hydrogens (tertiary/aromatic N) is 2. The molecule has 1 amide bonds. The van der Waals surface area contributed by atoms with E-state index < -0.39 is 35.1 Å². The Bertz CT molecular complexity index is 763. The molecule has 1 unspecified atom stereocenters. The van der Waals surface area contributed by atoms with Crippen LogP contribution in [0.2, 0.25) is 0 Å². The fourth-order valence-electron chi connectivity index (χ4n) is 3.19. The summed E-state index contributed by atoms with van der Waals surface area (Å²) in [5.74, 6) is -1.97. The number of amides is 1. The van der Waals surface area contributed by atoms with Crippen LogP contribution in [0.4, 0.5) is 23.2 Å². The van der Waals surface area contributed by atoms with Crippen LogP contribution in [0.15, 0.2) is 23.2 Å². The molecule has 0 bridgehead atoms. The largest absolute Gasteiger partial charge is 0.409 e. The molecule has 11 heteroatoms. The van der Waals surface area contributed by atoms with E-state index >= 15 is 0 Å². The van der Waals surface area contributed by atoms with E-state index in [1.54, 1.807) is 11.9 Å². The summed E-state index contributed by atoms with van der Waals surface area (Å²) >= 11 is 6.15. The monoisotopic (exact) mass is 408 g/mol. The second-order valence-corrected chi connectivity index (χ2v) is 7.48. The molecule has 0 aromatic carbocycles. The zero-order valence-corrected chi connectivity index (χ0v) is 15.4. The van der Waals surface area contributed by atoms with Gasteiger partial charge in [0, 0.05) is 32.3 Å². The Labute approximate surface area is 156 Å². The van der Waals surface area contributed by atoms with E-state index in [0.29, 0.717) is 17.2 Å². The third-order valence-electron chi connectivity index (χ3n) is 4.46. The number of hydrogen-bond donors (Lipinski definition) is 2. The van der Waals surface area contributed by atoms with Crippen LogP contribution in [0.5, 0.6) is 0 Å². The average Bonchev–Trinajstić information content (AvgIpc) is 3.19. The van der Waals surface area contributed by atoms with Gasteiger partial charge in [-0.15, -0.1) is 11.3 Å². The molecule has 2 aliphatic heterocycles. The number of likely N-dealkylation sites (tertiary alicyclic amines) is 1. The lowest BCUT2D eigenvalue weighted by Gasteiger charge is -2.25. The third-order valence-corrected chi connectivity index (χ3v) is 5.73. The minimum absolute atomic E-state index is 0.0381. The fourth-order valence-corrected chi connectivity index (χ4v) is 4.11. The Hall–Kier alpha value is -1.72. The summed E-state index contributed by atoms with van der Waals surface area (Å²) in [6, 6.07) is -0.392. The molecule has 3 heterocycles. The van der Waals surface area contributed by atoms with Crippen LogP contribution in [-0.2, 0) is 4.79 Å². The van der Waals surface area contributed by atoms with Gasteiger partial charge in [-0.1, -0.05) is 12.2 Å². The van der Waals surface area contributed by atoms with Crippen LogP contribution in [0.25, 0.3) is 0 Å². The standard InChI is InChI=1S/C15H16F4N4OS2/c1-22-6-7(9-5-10(15(17,18)19)21-23(9)2)11(14(22)25)13(24)20-8-3-4-26-12(8)16/h3-5,7,10-11,21H,6H2,1-2H3,(H,20,24)/t7-,10?,11+/m1/s1. The van der Waals surface area contributed by atoms with Gasteiger partial charge in [0.25, 0.3) is 0 Å². The number of anilines is 1. The van der Waals surface area contributed by atoms with Crippen LogP contribution < -0.4 is 10.7 Å². The summed E-state index contributed by atoms with van der Waals surface area (Å²) in [4.78, 5) is 14.7. The second-order valence-electron chi connectivity index (χ2n) is 6.20. The van der Waals surface area contributed by atoms with Gasteiger partial charge >= 0.3 is 6.18 Å². The molecule has 5 nitrogen and oxygen atoms in total. The smallest absolute Gasteiger partial charge is 0.368 e. The van der Waals surface area contributed by atoms with Gasteiger partial charge in [-0.2, -0.15) is 17.6 Å². The highest BCUT2D eigenvalue weighted by atomic mass is 32.1. The number of thiophene rings is 1. The zero-order chi connectivity index (χ0) is 19.2. The average molecular weight is 408 g/mol. The Kier molecular flexibility index (Phi) is 4.97. The number of halogens is 4. The van der Waals surface area contributed by atoms with Gasteiger partial charge in [-0.3, -0.25) is 4.79 Å². The first-order valence-electron chi connectivity index (χ1n) is 7.66. The van der Waals surface area contributed by atoms with Crippen molar-refractivity contribution < 1.29 is 22.4 Å². The number of alkyl halides is 3. The number of carbonyl (C=O) groups excluding carboxylic acids is 1. The van der Waals surface area contributed by atoms with Gasteiger partial charge in [0.1, 0.15) is 6.04 Å². The van der Waals surface area contributed by atoms with Crippen LogP contribution in [0.1, 0.15) is 0 Å². The molecule has 1 saturated heterocycles. The Morgan fingerprint density at radius 2 is 2.12 bits per heavy atom. The molecule has 2 N–H and O–H groups in total. The fraction of sp³-hybridized carbons (Fsp3) is 0.467. The molecule has 26 heavy (non-hydrogen) atoms. The van der Waals surface area contributed by atoms with Crippen molar-refractivity contribution in [2.75, 3.05) is 26.0 Å². The summed E-state index contributed by atoms with van der Waals surface area (Å²) in [6.07, 6.45) is -3.38. The quantitative estimate of drug-likeness (QED) is 0.595. The summed E-state index contributed by atoms with van der Waals surface area (Å²) in [6.45, 7) is 0.297. The van der Waals surface area contributed by atoms with E-state index in [9.17, 15) is 22.4 Å². The van der Waals surface area contributed by atoms with E-state index in [1.165, 1.54) is 23.5 Å². The van der Waals surface area contributed by atoms with Gasteiger partial charge < -0.3 is 15.2 Å². The first-order chi connectivity index (χ1) is 12.1. The second kappa shape index (κ2) is 6.78. The Morgan fingerprint density at radius 1 is 1.42 bits per heavy atom. The van der Waals surface area contributed by atoms with Crippen molar-refractivity contribution in [3.8, 4) is 0 Å². The van der Waals surface area contributed by atoms with Crippen molar-refractivity contribution in [1.82, 2.24) is 15.3 Å². The predicted octanol–water partition coefficient (Wildman–Crippen LogP) is 2.60. The molecule has 1 fully saturated rings. The van der Waals surface area contributed by atoms with Gasteiger partial charge in [0.15, 0.2) is 5.13 Å². The van der Waals surface area contributed by atoms with E-state index in [0.717, 1.165) is 17.4 Å². The Balaban J connectivity index is 1.87. The van der Waals surface area contributed by atoms with Crippen LogP contribution in [0, 0.1) is 17.0 Å². The van der Waals surface area contributed by atoms with Crippen molar-refractivity contribution in [3.05, 3.63) is 28.4 Å². The normalized spacial score (nSPS) is 26.5. The number of thiocarbonyl (C=S) groups is 1. The number of rotatable bonds is 3. The maximum Gasteiger partial charge on any atom is 0.409 e. The van der Waals surface area contributed by atoms with Crippen LogP contribution in [-0.4, -0.2) is 53.7 Å². The van der Waals surface area contributed by atoms with Crippen molar-refractivity contribution in [2.24, 2.45) is 11.8 Å². The third kappa shape index (κ3) is 3.42. The lowest BCUT2D eigenvalue weighted by Crippen LogP contribution is -2.44.